The zero-order valence-corrected chi connectivity index (χ0v) is 14.1. The quantitative estimate of drug-likeness (QED) is 0.735. The molecule has 0 unspecified atom stereocenters. The monoisotopic (exact) mass is 320 g/mol. The Morgan fingerprint density at radius 3 is 2.70 bits per heavy atom. The zero-order valence-electron chi connectivity index (χ0n) is 14.1. The Hall–Kier alpha value is -1.50. The van der Waals surface area contributed by atoms with Gasteiger partial charge in [0.05, 0.1) is 12.6 Å². The van der Waals surface area contributed by atoms with Gasteiger partial charge in [0.25, 0.3) is 0 Å². The van der Waals surface area contributed by atoms with E-state index in [1.54, 1.807) is 0 Å². The summed E-state index contributed by atoms with van der Waals surface area (Å²) in [5.41, 5.74) is 0. The van der Waals surface area contributed by atoms with E-state index in [-0.39, 0.29) is 11.8 Å². The number of unbranched alkanes of at least 4 members (excludes halogenated alkanes) is 2. The van der Waals surface area contributed by atoms with Crippen molar-refractivity contribution in [1.29, 1.82) is 0 Å². The Morgan fingerprint density at radius 2 is 2.00 bits per heavy atom. The number of carbonyl (C=O) groups is 1. The van der Waals surface area contributed by atoms with Crippen LogP contribution in [0.3, 0.4) is 0 Å². The van der Waals surface area contributed by atoms with Crippen LogP contribution in [0.25, 0.3) is 0 Å². The highest BCUT2D eigenvalue weighted by Crippen LogP contribution is 2.34. The second-order valence-electron chi connectivity index (χ2n) is 6.82. The summed E-state index contributed by atoms with van der Waals surface area (Å²) in [5.74, 6) is 1.38. The number of tetrazole rings is 1. The highest BCUT2D eigenvalue weighted by atomic mass is 16.1. The SMILES string of the molecule is CCCCCNC(=O)C1CCN(Cc2nnnn2C2CC2)CC1. The molecule has 1 N–H and O–H groups in total. The third-order valence-electron chi connectivity index (χ3n) is 4.86. The maximum Gasteiger partial charge on any atom is 0.223 e. The third-order valence-corrected chi connectivity index (χ3v) is 4.86. The summed E-state index contributed by atoms with van der Waals surface area (Å²) >= 11 is 0. The number of nitrogens with zero attached hydrogens (tertiary/aromatic N) is 5. The number of amides is 1. The van der Waals surface area contributed by atoms with Gasteiger partial charge in [-0.05, 0) is 55.6 Å². The van der Waals surface area contributed by atoms with Crippen molar-refractivity contribution in [2.75, 3.05) is 19.6 Å². The molecule has 1 aromatic heterocycles. The number of aromatic nitrogens is 4. The average molecular weight is 320 g/mol. The first kappa shape index (κ1) is 16.4. The number of rotatable bonds is 8. The first-order chi connectivity index (χ1) is 11.3. The molecule has 0 aromatic carbocycles. The van der Waals surface area contributed by atoms with Crippen molar-refractivity contribution in [1.82, 2.24) is 30.4 Å². The first-order valence-corrected chi connectivity index (χ1v) is 9.04. The van der Waals surface area contributed by atoms with Gasteiger partial charge in [0.15, 0.2) is 5.82 Å². The van der Waals surface area contributed by atoms with Crippen LogP contribution in [0.5, 0.6) is 0 Å². The molecule has 1 amide bonds. The summed E-state index contributed by atoms with van der Waals surface area (Å²) in [6.07, 6.45) is 7.72. The smallest absolute Gasteiger partial charge is 0.223 e. The molecule has 2 fully saturated rings. The molecular weight excluding hydrogens is 292 g/mol. The van der Waals surface area contributed by atoms with E-state index in [0.717, 1.165) is 51.3 Å². The van der Waals surface area contributed by atoms with E-state index in [1.807, 2.05) is 4.68 Å². The van der Waals surface area contributed by atoms with Crippen LogP contribution in [0.2, 0.25) is 0 Å². The highest BCUT2D eigenvalue weighted by Gasteiger charge is 2.30. The van der Waals surface area contributed by atoms with Gasteiger partial charge in [-0.1, -0.05) is 19.8 Å². The van der Waals surface area contributed by atoms with E-state index < -0.39 is 0 Å². The predicted molar refractivity (Wildman–Crippen MR) is 86.6 cm³/mol. The van der Waals surface area contributed by atoms with Crippen molar-refractivity contribution >= 4 is 5.91 Å². The Balaban J connectivity index is 1.39. The molecule has 0 spiro atoms. The molecule has 1 aromatic rings. The van der Waals surface area contributed by atoms with Crippen LogP contribution < -0.4 is 5.32 Å². The van der Waals surface area contributed by atoms with Gasteiger partial charge < -0.3 is 5.32 Å². The molecular formula is C16H28N6O. The number of piperidine rings is 1. The molecule has 23 heavy (non-hydrogen) atoms. The maximum atomic E-state index is 12.2. The number of carbonyl (C=O) groups excluding carboxylic acids is 1. The average Bonchev–Trinajstić information content (AvgIpc) is 3.32. The lowest BCUT2D eigenvalue weighted by molar-refractivity contribution is -0.126. The van der Waals surface area contributed by atoms with Gasteiger partial charge in [-0.3, -0.25) is 9.69 Å². The molecule has 1 aliphatic heterocycles. The van der Waals surface area contributed by atoms with E-state index in [2.05, 4.69) is 32.7 Å². The summed E-state index contributed by atoms with van der Waals surface area (Å²) in [5, 5.41) is 15.2. The van der Waals surface area contributed by atoms with E-state index in [9.17, 15) is 4.79 Å². The zero-order chi connectivity index (χ0) is 16.1. The molecule has 1 aliphatic carbocycles. The van der Waals surface area contributed by atoms with Crippen molar-refractivity contribution in [2.24, 2.45) is 5.92 Å². The summed E-state index contributed by atoms with van der Waals surface area (Å²) in [6, 6.07) is 0.520. The fraction of sp³-hybridized carbons (Fsp3) is 0.875. The van der Waals surface area contributed by atoms with Gasteiger partial charge in [0.2, 0.25) is 5.91 Å². The minimum Gasteiger partial charge on any atom is -0.356 e. The third kappa shape index (κ3) is 4.50. The fourth-order valence-electron chi connectivity index (χ4n) is 3.20. The van der Waals surface area contributed by atoms with Gasteiger partial charge in [-0.25, -0.2) is 4.68 Å². The molecule has 128 valence electrons. The predicted octanol–water partition coefficient (Wildman–Crippen LogP) is 1.53. The molecule has 0 atom stereocenters. The normalized spacial score (nSPS) is 19.9. The van der Waals surface area contributed by atoms with Crippen molar-refractivity contribution < 1.29 is 4.79 Å². The van der Waals surface area contributed by atoms with Crippen LogP contribution in [-0.4, -0.2) is 50.6 Å². The molecule has 0 bridgehead atoms. The topological polar surface area (TPSA) is 75.9 Å². The summed E-state index contributed by atoms with van der Waals surface area (Å²) in [4.78, 5) is 14.5. The van der Waals surface area contributed by atoms with Gasteiger partial charge in [0, 0.05) is 12.5 Å². The van der Waals surface area contributed by atoms with E-state index in [0.29, 0.717) is 6.04 Å². The minimum absolute atomic E-state index is 0.173. The number of hydrogen-bond donors (Lipinski definition) is 1. The first-order valence-electron chi connectivity index (χ1n) is 9.04. The number of hydrogen-bond acceptors (Lipinski definition) is 5. The van der Waals surface area contributed by atoms with Gasteiger partial charge in [-0.15, -0.1) is 5.10 Å². The number of nitrogens with one attached hydrogen (secondary N) is 1. The van der Waals surface area contributed by atoms with Gasteiger partial charge in [-0.2, -0.15) is 0 Å². The molecule has 1 saturated carbocycles. The van der Waals surface area contributed by atoms with E-state index in [1.165, 1.54) is 25.7 Å². The molecule has 7 heteroatoms. The molecule has 0 radical (unpaired) electrons. The highest BCUT2D eigenvalue weighted by molar-refractivity contribution is 5.78. The molecule has 2 heterocycles. The molecule has 3 rings (SSSR count). The lowest BCUT2D eigenvalue weighted by Crippen LogP contribution is -2.40. The van der Waals surface area contributed by atoms with Crippen LogP contribution in [0, 0.1) is 5.92 Å². The minimum atomic E-state index is 0.173. The van der Waals surface area contributed by atoms with Crippen molar-refractivity contribution in [3.63, 3.8) is 0 Å². The Kier molecular flexibility index (Phi) is 5.59. The van der Waals surface area contributed by atoms with Crippen molar-refractivity contribution in [3.8, 4) is 0 Å². The molecule has 7 nitrogen and oxygen atoms in total. The van der Waals surface area contributed by atoms with E-state index in [4.69, 9.17) is 0 Å². The fourth-order valence-corrected chi connectivity index (χ4v) is 3.20. The van der Waals surface area contributed by atoms with Crippen LogP contribution in [0.4, 0.5) is 0 Å². The van der Waals surface area contributed by atoms with Gasteiger partial charge >= 0.3 is 0 Å². The van der Waals surface area contributed by atoms with E-state index >= 15 is 0 Å². The van der Waals surface area contributed by atoms with Crippen molar-refractivity contribution in [3.05, 3.63) is 5.82 Å². The summed E-state index contributed by atoms with van der Waals surface area (Å²) in [7, 11) is 0. The number of likely N-dealkylation sites (tertiary alicyclic amines) is 1. The second-order valence-corrected chi connectivity index (χ2v) is 6.82. The summed E-state index contributed by atoms with van der Waals surface area (Å²) < 4.78 is 1.98. The lowest BCUT2D eigenvalue weighted by Gasteiger charge is -2.30. The molecule has 2 aliphatic rings. The Morgan fingerprint density at radius 1 is 1.22 bits per heavy atom. The maximum absolute atomic E-state index is 12.2. The summed E-state index contributed by atoms with van der Waals surface area (Å²) in [6.45, 7) is 5.70. The largest absolute Gasteiger partial charge is 0.356 e. The lowest BCUT2D eigenvalue weighted by atomic mass is 9.96. The van der Waals surface area contributed by atoms with Gasteiger partial charge in [0.1, 0.15) is 0 Å². The van der Waals surface area contributed by atoms with Crippen LogP contribution >= 0.6 is 0 Å². The Bertz CT molecular complexity index is 504. The van der Waals surface area contributed by atoms with Crippen LogP contribution in [-0.2, 0) is 11.3 Å². The van der Waals surface area contributed by atoms with Crippen LogP contribution in [0.15, 0.2) is 0 Å². The molecule has 1 saturated heterocycles. The van der Waals surface area contributed by atoms with Crippen LogP contribution in [0.1, 0.15) is 63.7 Å². The second kappa shape index (κ2) is 7.86. The Labute approximate surface area is 137 Å². The van der Waals surface area contributed by atoms with Crippen molar-refractivity contribution in [2.45, 2.75) is 64.5 Å². The standard InChI is InChI=1S/C16H28N6O/c1-2-3-4-9-17-16(23)13-7-10-21(11-8-13)12-15-18-19-20-22(15)14-5-6-14/h13-14H,2-12H2,1H3,(H,17,23).